The Kier molecular flexibility index (Phi) is 5.74. The number of benzene rings is 1. The number of hydrogen-bond donors (Lipinski definition) is 1. The van der Waals surface area contributed by atoms with Gasteiger partial charge in [0.1, 0.15) is 11.6 Å². The smallest absolute Gasteiger partial charge is 0.143 e. The second-order valence-corrected chi connectivity index (χ2v) is 6.23. The first-order valence-electron chi connectivity index (χ1n) is 6.10. The van der Waals surface area contributed by atoms with Crippen LogP contribution >= 0.6 is 38.5 Å². The molecule has 0 aliphatic rings. The lowest BCUT2D eigenvalue weighted by Crippen LogP contribution is -2.08. The van der Waals surface area contributed by atoms with Crippen LogP contribution < -0.4 is 5.32 Å². The molecule has 4 nitrogen and oxygen atoms in total. The molecule has 2 aromatic rings. The molecule has 0 fully saturated rings. The molecule has 0 aliphatic carbocycles. The third-order valence-electron chi connectivity index (χ3n) is 2.76. The zero-order valence-electron chi connectivity index (χ0n) is 11.3. The number of halogens is 2. The summed E-state index contributed by atoms with van der Waals surface area (Å²) >= 11 is 5.68. The number of ether oxygens (including phenoxy) is 1. The van der Waals surface area contributed by atoms with Crippen molar-refractivity contribution in [3.8, 4) is 0 Å². The van der Waals surface area contributed by atoms with Crippen LogP contribution in [0.5, 0.6) is 0 Å². The molecule has 0 aliphatic heterocycles. The molecule has 0 amide bonds. The van der Waals surface area contributed by atoms with Gasteiger partial charge in [-0.25, -0.2) is 9.97 Å². The summed E-state index contributed by atoms with van der Waals surface area (Å²) in [7, 11) is 3.54. The van der Waals surface area contributed by atoms with Crippen LogP contribution in [0.3, 0.4) is 0 Å². The predicted octanol–water partition coefficient (Wildman–Crippen LogP) is 3.62. The van der Waals surface area contributed by atoms with Gasteiger partial charge in [-0.3, -0.25) is 0 Å². The van der Waals surface area contributed by atoms with Crippen LogP contribution in [-0.2, 0) is 17.8 Å². The largest absolute Gasteiger partial charge is 0.378 e. The van der Waals surface area contributed by atoms with Gasteiger partial charge < -0.3 is 10.1 Å². The van der Waals surface area contributed by atoms with Crippen molar-refractivity contribution in [1.29, 1.82) is 0 Å². The van der Waals surface area contributed by atoms with E-state index in [4.69, 9.17) is 4.74 Å². The Balaban J connectivity index is 2.31. The van der Waals surface area contributed by atoms with Crippen molar-refractivity contribution in [2.75, 3.05) is 19.5 Å². The quantitative estimate of drug-likeness (QED) is 0.711. The summed E-state index contributed by atoms with van der Waals surface area (Å²) in [6.07, 6.45) is 0.704. The molecule has 1 N–H and O–H groups in total. The molecule has 0 radical (unpaired) electrons. The number of nitrogens with one attached hydrogen (secondary N) is 1. The van der Waals surface area contributed by atoms with Crippen LogP contribution in [0, 0.1) is 3.57 Å². The summed E-state index contributed by atoms with van der Waals surface area (Å²) in [6.45, 7) is 0.489. The fourth-order valence-corrected chi connectivity index (χ4v) is 2.74. The van der Waals surface area contributed by atoms with Crippen molar-refractivity contribution in [1.82, 2.24) is 9.97 Å². The molecule has 6 heteroatoms. The highest BCUT2D eigenvalue weighted by molar-refractivity contribution is 14.1. The molecule has 2 rings (SSSR count). The third-order valence-corrected chi connectivity index (χ3v) is 4.42. The van der Waals surface area contributed by atoms with Crippen molar-refractivity contribution in [3.63, 3.8) is 0 Å². The maximum Gasteiger partial charge on any atom is 0.143 e. The van der Waals surface area contributed by atoms with E-state index >= 15 is 0 Å². The zero-order valence-corrected chi connectivity index (χ0v) is 15.0. The lowest BCUT2D eigenvalue weighted by molar-refractivity contribution is 0.180. The summed E-state index contributed by atoms with van der Waals surface area (Å²) < 4.78 is 7.28. The molecule has 1 aromatic carbocycles. The Morgan fingerprint density at radius 1 is 1.25 bits per heavy atom. The van der Waals surface area contributed by atoms with Gasteiger partial charge in [-0.05, 0) is 40.3 Å². The molecular weight excluding hydrogens is 433 g/mol. The molecule has 20 heavy (non-hydrogen) atoms. The average Bonchev–Trinajstić information content (AvgIpc) is 2.45. The molecule has 106 valence electrons. The maximum atomic E-state index is 5.20. The summed E-state index contributed by atoms with van der Waals surface area (Å²) in [5.74, 6) is 1.64. The Morgan fingerprint density at radius 3 is 2.55 bits per heavy atom. The van der Waals surface area contributed by atoms with Gasteiger partial charge in [-0.1, -0.05) is 28.1 Å². The standard InChI is InChI=1S/C14H15BrIN3O/c1-17-14-13(16)11(8-20-2)18-12(19-14)7-9-3-5-10(15)6-4-9/h3-6H,7-8H2,1-2H3,(H,17,18,19). The van der Waals surface area contributed by atoms with Crippen molar-refractivity contribution in [2.24, 2.45) is 0 Å². The van der Waals surface area contributed by atoms with Crippen LogP contribution in [-0.4, -0.2) is 24.1 Å². The highest BCUT2D eigenvalue weighted by Crippen LogP contribution is 2.21. The number of nitrogens with zero attached hydrogens (tertiary/aromatic N) is 2. The van der Waals surface area contributed by atoms with E-state index in [2.05, 4.69) is 65.9 Å². The van der Waals surface area contributed by atoms with E-state index in [0.717, 1.165) is 25.4 Å². The monoisotopic (exact) mass is 447 g/mol. The van der Waals surface area contributed by atoms with Gasteiger partial charge in [0, 0.05) is 25.1 Å². The topological polar surface area (TPSA) is 47.0 Å². The van der Waals surface area contributed by atoms with Gasteiger partial charge in [-0.2, -0.15) is 0 Å². The molecule has 0 saturated carbocycles. The normalized spacial score (nSPS) is 10.6. The fourth-order valence-electron chi connectivity index (χ4n) is 1.81. The first kappa shape index (κ1) is 15.7. The summed E-state index contributed by atoms with van der Waals surface area (Å²) in [4.78, 5) is 9.15. The second-order valence-electron chi connectivity index (χ2n) is 4.24. The fraction of sp³-hybridized carbons (Fsp3) is 0.286. The van der Waals surface area contributed by atoms with Gasteiger partial charge in [0.2, 0.25) is 0 Å². The van der Waals surface area contributed by atoms with Crippen LogP contribution in [0.4, 0.5) is 5.82 Å². The molecule has 0 atom stereocenters. The van der Waals surface area contributed by atoms with Gasteiger partial charge in [0.05, 0.1) is 15.9 Å². The van der Waals surface area contributed by atoms with Crippen LogP contribution in [0.25, 0.3) is 0 Å². The van der Waals surface area contributed by atoms with Crippen LogP contribution in [0.2, 0.25) is 0 Å². The Labute approximate surface area is 140 Å². The van der Waals surface area contributed by atoms with E-state index in [-0.39, 0.29) is 0 Å². The minimum Gasteiger partial charge on any atom is -0.378 e. The Hall–Kier alpha value is -0.730. The van der Waals surface area contributed by atoms with Crippen LogP contribution in [0.1, 0.15) is 17.1 Å². The van der Waals surface area contributed by atoms with Crippen molar-refractivity contribution < 1.29 is 4.74 Å². The van der Waals surface area contributed by atoms with E-state index in [1.807, 2.05) is 19.2 Å². The van der Waals surface area contributed by atoms with E-state index < -0.39 is 0 Å². The zero-order chi connectivity index (χ0) is 14.5. The maximum absolute atomic E-state index is 5.20. The first-order chi connectivity index (χ1) is 9.63. The Bertz CT molecular complexity index is 590. The van der Waals surface area contributed by atoms with Gasteiger partial charge in [0.15, 0.2) is 0 Å². The molecule has 0 saturated heterocycles. The van der Waals surface area contributed by atoms with Crippen molar-refractivity contribution in [2.45, 2.75) is 13.0 Å². The minimum atomic E-state index is 0.489. The predicted molar refractivity (Wildman–Crippen MR) is 92.0 cm³/mol. The second kappa shape index (κ2) is 7.33. The summed E-state index contributed by atoms with van der Waals surface area (Å²) in [5.41, 5.74) is 2.10. The molecule has 0 bridgehead atoms. The summed E-state index contributed by atoms with van der Waals surface area (Å²) in [5, 5.41) is 3.11. The molecule has 1 heterocycles. The summed E-state index contributed by atoms with van der Waals surface area (Å²) in [6, 6.07) is 8.19. The van der Waals surface area contributed by atoms with E-state index in [1.54, 1.807) is 7.11 Å². The SMILES string of the molecule is CNc1nc(Cc2ccc(Br)cc2)nc(COC)c1I. The lowest BCUT2D eigenvalue weighted by Gasteiger charge is -2.10. The van der Waals surface area contributed by atoms with Crippen molar-refractivity contribution >= 4 is 44.3 Å². The number of hydrogen-bond acceptors (Lipinski definition) is 4. The third kappa shape index (κ3) is 3.89. The van der Waals surface area contributed by atoms with Gasteiger partial charge in [-0.15, -0.1) is 0 Å². The van der Waals surface area contributed by atoms with E-state index in [9.17, 15) is 0 Å². The highest BCUT2D eigenvalue weighted by Gasteiger charge is 2.11. The van der Waals surface area contributed by atoms with Crippen LogP contribution in [0.15, 0.2) is 28.7 Å². The molecule has 0 unspecified atom stereocenters. The molecular formula is C14H15BrIN3O. The number of aromatic nitrogens is 2. The minimum absolute atomic E-state index is 0.489. The highest BCUT2D eigenvalue weighted by atomic mass is 127. The number of methoxy groups -OCH3 is 1. The molecule has 1 aromatic heterocycles. The number of rotatable bonds is 5. The van der Waals surface area contributed by atoms with E-state index in [1.165, 1.54) is 5.56 Å². The van der Waals surface area contributed by atoms with E-state index in [0.29, 0.717) is 13.0 Å². The molecule has 0 spiro atoms. The average molecular weight is 448 g/mol. The number of anilines is 1. The Morgan fingerprint density at radius 2 is 1.95 bits per heavy atom. The van der Waals surface area contributed by atoms with Gasteiger partial charge in [0.25, 0.3) is 0 Å². The van der Waals surface area contributed by atoms with Crippen molar-refractivity contribution in [3.05, 3.63) is 49.4 Å². The first-order valence-corrected chi connectivity index (χ1v) is 7.97. The van der Waals surface area contributed by atoms with Gasteiger partial charge >= 0.3 is 0 Å². The lowest BCUT2D eigenvalue weighted by atomic mass is 10.1.